The summed E-state index contributed by atoms with van der Waals surface area (Å²) < 4.78 is 5.62. The summed E-state index contributed by atoms with van der Waals surface area (Å²) in [5.41, 5.74) is 1.18. The summed E-state index contributed by atoms with van der Waals surface area (Å²) in [6.45, 7) is 7.87. The van der Waals surface area contributed by atoms with Crippen LogP contribution in [0.15, 0.2) is 24.5 Å². The number of rotatable bonds is 6. The van der Waals surface area contributed by atoms with E-state index in [0.717, 1.165) is 13.2 Å². The lowest BCUT2D eigenvalue weighted by atomic mass is 10.0. The minimum atomic E-state index is 0.166. The van der Waals surface area contributed by atoms with Gasteiger partial charge in [0.15, 0.2) is 0 Å². The molecule has 3 heteroatoms. The lowest BCUT2D eigenvalue weighted by Gasteiger charge is -2.24. The van der Waals surface area contributed by atoms with Gasteiger partial charge in [-0.1, -0.05) is 13.0 Å². The van der Waals surface area contributed by atoms with Crippen LogP contribution in [0.3, 0.4) is 0 Å². The molecular weight excluding hydrogens is 188 g/mol. The molecule has 0 spiro atoms. The Bertz CT molecular complexity index is 264. The van der Waals surface area contributed by atoms with E-state index in [1.807, 2.05) is 19.2 Å². The van der Waals surface area contributed by atoms with Gasteiger partial charge in [-0.3, -0.25) is 4.98 Å². The summed E-state index contributed by atoms with van der Waals surface area (Å²) in [5, 5.41) is 3.42. The number of nitrogens with one attached hydrogen (secondary N) is 1. The molecule has 0 aromatic carbocycles. The smallest absolute Gasteiger partial charge is 0.0742 e. The highest BCUT2D eigenvalue weighted by Crippen LogP contribution is 2.17. The van der Waals surface area contributed by atoms with Gasteiger partial charge in [0, 0.05) is 19.0 Å². The first-order valence-electron chi connectivity index (χ1n) is 5.54. The highest BCUT2D eigenvalue weighted by atomic mass is 16.5. The topological polar surface area (TPSA) is 34.2 Å². The fourth-order valence-electron chi connectivity index (χ4n) is 1.69. The SMILES string of the molecule is CCNC(c1cccnc1)C(C)OCC. The van der Waals surface area contributed by atoms with Crippen molar-refractivity contribution in [2.24, 2.45) is 0 Å². The van der Waals surface area contributed by atoms with E-state index in [4.69, 9.17) is 4.74 Å². The zero-order chi connectivity index (χ0) is 11.1. The van der Waals surface area contributed by atoms with E-state index in [-0.39, 0.29) is 12.1 Å². The van der Waals surface area contributed by atoms with Gasteiger partial charge in [-0.15, -0.1) is 0 Å². The summed E-state index contributed by atoms with van der Waals surface area (Å²) in [6.07, 6.45) is 3.85. The molecule has 0 bridgehead atoms. The van der Waals surface area contributed by atoms with Crippen molar-refractivity contribution < 1.29 is 4.74 Å². The van der Waals surface area contributed by atoms with Crippen molar-refractivity contribution in [2.45, 2.75) is 32.9 Å². The number of hydrogen-bond donors (Lipinski definition) is 1. The van der Waals surface area contributed by atoms with E-state index in [9.17, 15) is 0 Å². The van der Waals surface area contributed by atoms with Gasteiger partial charge in [-0.2, -0.15) is 0 Å². The molecule has 0 saturated heterocycles. The van der Waals surface area contributed by atoms with Gasteiger partial charge in [0.2, 0.25) is 0 Å². The second-order valence-corrected chi connectivity index (χ2v) is 3.48. The lowest BCUT2D eigenvalue weighted by Crippen LogP contribution is -2.32. The van der Waals surface area contributed by atoms with Crippen molar-refractivity contribution in [3.8, 4) is 0 Å². The molecule has 0 radical (unpaired) electrons. The maximum atomic E-state index is 5.62. The van der Waals surface area contributed by atoms with Crippen LogP contribution in [0.1, 0.15) is 32.4 Å². The molecule has 0 fully saturated rings. The second kappa shape index (κ2) is 6.53. The Morgan fingerprint density at radius 3 is 2.80 bits per heavy atom. The average Bonchev–Trinajstić information content (AvgIpc) is 2.27. The highest BCUT2D eigenvalue weighted by molar-refractivity contribution is 5.15. The summed E-state index contributed by atoms with van der Waals surface area (Å²) in [6, 6.07) is 4.26. The van der Waals surface area contributed by atoms with Crippen LogP contribution >= 0.6 is 0 Å². The van der Waals surface area contributed by atoms with Crippen LogP contribution in [0.5, 0.6) is 0 Å². The van der Waals surface area contributed by atoms with Crippen LogP contribution in [0.2, 0.25) is 0 Å². The molecule has 2 atom stereocenters. The van der Waals surface area contributed by atoms with E-state index in [1.54, 1.807) is 6.20 Å². The second-order valence-electron chi connectivity index (χ2n) is 3.48. The van der Waals surface area contributed by atoms with Crippen LogP contribution in [0.4, 0.5) is 0 Å². The molecule has 0 saturated carbocycles. The molecule has 0 aliphatic carbocycles. The maximum absolute atomic E-state index is 5.62. The molecule has 0 aliphatic rings. The van der Waals surface area contributed by atoms with Gasteiger partial charge in [0.05, 0.1) is 12.1 Å². The predicted octanol–water partition coefficient (Wildman–Crippen LogP) is 2.16. The van der Waals surface area contributed by atoms with Gasteiger partial charge in [-0.05, 0) is 32.0 Å². The van der Waals surface area contributed by atoms with Crippen molar-refractivity contribution in [2.75, 3.05) is 13.2 Å². The number of aromatic nitrogens is 1. The molecule has 84 valence electrons. The molecule has 3 nitrogen and oxygen atoms in total. The first-order chi connectivity index (χ1) is 7.29. The third-order valence-corrected chi connectivity index (χ3v) is 2.37. The van der Waals surface area contributed by atoms with E-state index in [1.165, 1.54) is 5.56 Å². The van der Waals surface area contributed by atoms with E-state index >= 15 is 0 Å². The number of likely N-dealkylation sites (N-methyl/N-ethyl adjacent to an activating group) is 1. The standard InChI is InChI=1S/C12H20N2O/c1-4-14-12(10(3)15-5-2)11-7-6-8-13-9-11/h6-10,12,14H,4-5H2,1-3H3. The van der Waals surface area contributed by atoms with Crippen LogP contribution in [0, 0.1) is 0 Å². The third kappa shape index (κ3) is 3.61. The molecular formula is C12H20N2O. The first kappa shape index (κ1) is 12.1. The summed E-state index contributed by atoms with van der Waals surface area (Å²) in [5.74, 6) is 0. The molecule has 2 unspecified atom stereocenters. The van der Waals surface area contributed by atoms with Gasteiger partial charge in [0.25, 0.3) is 0 Å². The number of pyridine rings is 1. The van der Waals surface area contributed by atoms with Crippen LogP contribution < -0.4 is 5.32 Å². The molecule has 0 aliphatic heterocycles. The predicted molar refractivity (Wildman–Crippen MR) is 61.7 cm³/mol. The Labute approximate surface area is 91.9 Å². The van der Waals surface area contributed by atoms with Crippen molar-refractivity contribution in [3.63, 3.8) is 0 Å². The average molecular weight is 208 g/mol. The van der Waals surface area contributed by atoms with E-state index < -0.39 is 0 Å². The molecule has 1 aromatic heterocycles. The van der Waals surface area contributed by atoms with Gasteiger partial charge < -0.3 is 10.1 Å². The Morgan fingerprint density at radius 1 is 1.47 bits per heavy atom. The Balaban J connectivity index is 2.73. The number of ether oxygens (including phenoxy) is 1. The molecule has 15 heavy (non-hydrogen) atoms. The minimum absolute atomic E-state index is 0.166. The number of nitrogens with zero attached hydrogens (tertiary/aromatic N) is 1. The summed E-state index contributed by atoms with van der Waals surface area (Å²) in [7, 11) is 0. The van der Waals surface area contributed by atoms with Crippen LogP contribution in [0.25, 0.3) is 0 Å². The summed E-state index contributed by atoms with van der Waals surface area (Å²) >= 11 is 0. The van der Waals surface area contributed by atoms with Crippen molar-refractivity contribution in [1.29, 1.82) is 0 Å². The lowest BCUT2D eigenvalue weighted by molar-refractivity contribution is 0.0476. The monoisotopic (exact) mass is 208 g/mol. The zero-order valence-electron chi connectivity index (χ0n) is 9.73. The fourth-order valence-corrected chi connectivity index (χ4v) is 1.69. The molecule has 1 heterocycles. The molecule has 1 rings (SSSR count). The highest BCUT2D eigenvalue weighted by Gasteiger charge is 2.18. The normalized spacial score (nSPS) is 14.9. The zero-order valence-corrected chi connectivity index (χ0v) is 9.73. The Hall–Kier alpha value is -0.930. The summed E-state index contributed by atoms with van der Waals surface area (Å²) in [4.78, 5) is 4.13. The third-order valence-electron chi connectivity index (χ3n) is 2.37. The molecule has 1 aromatic rings. The Morgan fingerprint density at radius 2 is 2.27 bits per heavy atom. The Kier molecular flexibility index (Phi) is 5.29. The van der Waals surface area contributed by atoms with Gasteiger partial charge >= 0.3 is 0 Å². The quantitative estimate of drug-likeness (QED) is 0.778. The van der Waals surface area contributed by atoms with Gasteiger partial charge in [0.1, 0.15) is 0 Å². The largest absolute Gasteiger partial charge is 0.377 e. The maximum Gasteiger partial charge on any atom is 0.0742 e. The van der Waals surface area contributed by atoms with Crippen LogP contribution in [-0.4, -0.2) is 24.2 Å². The fraction of sp³-hybridized carbons (Fsp3) is 0.583. The molecule has 1 N–H and O–H groups in total. The van der Waals surface area contributed by atoms with E-state index in [2.05, 4.69) is 30.2 Å². The number of hydrogen-bond acceptors (Lipinski definition) is 3. The molecule has 0 amide bonds. The minimum Gasteiger partial charge on any atom is -0.377 e. The van der Waals surface area contributed by atoms with Gasteiger partial charge in [-0.25, -0.2) is 0 Å². The van der Waals surface area contributed by atoms with Crippen LogP contribution in [-0.2, 0) is 4.74 Å². The van der Waals surface area contributed by atoms with Crippen molar-refractivity contribution >= 4 is 0 Å². The first-order valence-corrected chi connectivity index (χ1v) is 5.54. The van der Waals surface area contributed by atoms with Crippen molar-refractivity contribution in [3.05, 3.63) is 30.1 Å². The van der Waals surface area contributed by atoms with E-state index in [0.29, 0.717) is 0 Å². The van der Waals surface area contributed by atoms with Crippen molar-refractivity contribution in [1.82, 2.24) is 10.3 Å².